The zero-order chi connectivity index (χ0) is 13.5. The lowest BCUT2D eigenvalue weighted by Gasteiger charge is -2.27. The first-order chi connectivity index (χ1) is 8.62. The molecule has 0 saturated carbocycles. The third-order valence-electron chi connectivity index (χ3n) is 3.63. The Morgan fingerprint density at radius 1 is 1.28 bits per heavy atom. The normalized spacial score (nSPS) is 12.8. The van der Waals surface area contributed by atoms with Gasteiger partial charge in [-0.3, -0.25) is 0 Å². The van der Waals surface area contributed by atoms with Crippen LogP contribution in [0.2, 0.25) is 0 Å². The van der Waals surface area contributed by atoms with Crippen molar-refractivity contribution < 1.29 is 0 Å². The van der Waals surface area contributed by atoms with Crippen molar-refractivity contribution in [3.05, 3.63) is 23.9 Å². The van der Waals surface area contributed by atoms with Crippen LogP contribution in [0.3, 0.4) is 0 Å². The molecule has 1 atom stereocenters. The fourth-order valence-electron chi connectivity index (χ4n) is 2.13. The molecule has 3 nitrogen and oxygen atoms in total. The van der Waals surface area contributed by atoms with Crippen molar-refractivity contribution in [3.63, 3.8) is 0 Å². The van der Waals surface area contributed by atoms with Gasteiger partial charge in [-0.2, -0.15) is 0 Å². The van der Waals surface area contributed by atoms with Crippen LogP contribution in [0.1, 0.15) is 52.1 Å². The highest BCUT2D eigenvalue weighted by Crippen LogP contribution is 2.19. The third kappa shape index (κ3) is 3.98. The van der Waals surface area contributed by atoms with Gasteiger partial charge in [0.15, 0.2) is 0 Å². The van der Waals surface area contributed by atoms with E-state index in [1.165, 1.54) is 12.8 Å². The summed E-state index contributed by atoms with van der Waals surface area (Å²) in [4.78, 5) is 6.84. The van der Waals surface area contributed by atoms with Crippen molar-refractivity contribution in [1.29, 1.82) is 0 Å². The monoisotopic (exact) mass is 249 g/mol. The third-order valence-corrected chi connectivity index (χ3v) is 3.63. The molecule has 1 aromatic heterocycles. The predicted molar refractivity (Wildman–Crippen MR) is 78.8 cm³/mol. The number of nitrogens with two attached hydrogens (primary N) is 1. The molecular formula is C15H27N3. The van der Waals surface area contributed by atoms with Crippen LogP contribution in [0.5, 0.6) is 0 Å². The summed E-state index contributed by atoms with van der Waals surface area (Å²) >= 11 is 0. The molecule has 0 aliphatic carbocycles. The van der Waals surface area contributed by atoms with Gasteiger partial charge in [-0.15, -0.1) is 0 Å². The number of aromatic nitrogens is 1. The number of pyridine rings is 1. The van der Waals surface area contributed by atoms with Gasteiger partial charge in [0, 0.05) is 25.3 Å². The Bertz CT molecular complexity index is 345. The standard InChI is InChI=1S/C15H27N3/c1-5-13(6-2)11-18(7-3)15-10-14(12(4)16)8-9-17-15/h8-10,12-13H,5-7,11,16H2,1-4H3. The topological polar surface area (TPSA) is 42.1 Å². The van der Waals surface area contributed by atoms with E-state index < -0.39 is 0 Å². The first kappa shape index (κ1) is 15.0. The second-order valence-electron chi connectivity index (χ2n) is 4.96. The summed E-state index contributed by atoms with van der Waals surface area (Å²) in [6.07, 6.45) is 4.31. The van der Waals surface area contributed by atoms with Gasteiger partial charge in [-0.1, -0.05) is 26.7 Å². The Morgan fingerprint density at radius 3 is 2.44 bits per heavy atom. The molecule has 1 unspecified atom stereocenters. The maximum Gasteiger partial charge on any atom is 0.128 e. The second kappa shape index (κ2) is 7.37. The van der Waals surface area contributed by atoms with Crippen molar-refractivity contribution >= 4 is 5.82 Å². The molecule has 1 aromatic rings. The quantitative estimate of drug-likeness (QED) is 0.805. The molecule has 102 valence electrons. The fraction of sp³-hybridized carbons (Fsp3) is 0.667. The molecule has 2 N–H and O–H groups in total. The van der Waals surface area contributed by atoms with Crippen LogP contribution < -0.4 is 10.6 Å². The summed E-state index contributed by atoms with van der Waals surface area (Å²) in [5.74, 6) is 1.80. The van der Waals surface area contributed by atoms with Gasteiger partial charge in [0.1, 0.15) is 5.82 Å². The average Bonchev–Trinajstić information content (AvgIpc) is 2.40. The zero-order valence-electron chi connectivity index (χ0n) is 12.2. The van der Waals surface area contributed by atoms with E-state index in [1.54, 1.807) is 0 Å². The van der Waals surface area contributed by atoms with E-state index in [0.29, 0.717) is 0 Å². The number of rotatable bonds is 7. The van der Waals surface area contributed by atoms with Crippen LogP contribution in [0.15, 0.2) is 18.3 Å². The number of nitrogens with zero attached hydrogens (tertiary/aromatic N) is 2. The molecule has 0 radical (unpaired) electrons. The molecule has 3 heteroatoms. The molecule has 0 fully saturated rings. The van der Waals surface area contributed by atoms with Crippen molar-refractivity contribution in [1.82, 2.24) is 4.98 Å². The Kier molecular flexibility index (Phi) is 6.13. The second-order valence-corrected chi connectivity index (χ2v) is 4.96. The van der Waals surface area contributed by atoms with E-state index in [1.807, 2.05) is 19.2 Å². The molecule has 0 bridgehead atoms. The van der Waals surface area contributed by atoms with Crippen LogP contribution in [-0.2, 0) is 0 Å². The Labute approximate surface area is 111 Å². The molecule has 18 heavy (non-hydrogen) atoms. The summed E-state index contributed by atoms with van der Waals surface area (Å²) < 4.78 is 0. The van der Waals surface area contributed by atoms with Gasteiger partial charge >= 0.3 is 0 Å². The molecular weight excluding hydrogens is 222 g/mol. The molecule has 0 aromatic carbocycles. The number of anilines is 1. The summed E-state index contributed by atoms with van der Waals surface area (Å²) in [7, 11) is 0. The van der Waals surface area contributed by atoms with Gasteiger partial charge in [0.25, 0.3) is 0 Å². The molecule has 1 heterocycles. The van der Waals surface area contributed by atoms with Crippen molar-refractivity contribution in [2.24, 2.45) is 11.7 Å². The largest absolute Gasteiger partial charge is 0.357 e. The summed E-state index contributed by atoms with van der Waals surface area (Å²) in [6.45, 7) is 10.8. The summed E-state index contributed by atoms with van der Waals surface area (Å²) in [5, 5.41) is 0. The minimum Gasteiger partial charge on any atom is -0.357 e. The minimum absolute atomic E-state index is 0.0682. The van der Waals surface area contributed by atoms with Crippen molar-refractivity contribution in [2.45, 2.75) is 46.6 Å². The SMILES string of the molecule is CCC(CC)CN(CC)c1cc(C(C)N)ccn1. The maximum atomic E-state index is 5.93. The van der Waals surface area contributed by atoms with Crippen LogP contribution in [-0.4, -0.2) is 18.1 Å². The van der Waals surface area contributed by atoms with Gasteiger partial charge in [0.2, 0.25) is 0 Å². The molecule has 0 amide bonds. The smallest absolute Gasteiger partial charge is 0.128 e. The fourth-order valence-corrected chi connectivity index (χ4v) is 2.13. The van der Waals surface area contributed by atoms with Crippen LogP contribution in [0, 0.1) is 5.92 Å². The maximum absolute atomic E-state index is 5.93. The first-order valence-electron chi connectivity index (χ1n) is 7.08. The van der Waals surface area contributed by atoms with Gasteiger partial charge in [-0.05, 0) is 37.5 Å². The highest BCUT2D eigenvalue weighted by atomic mass is 15.2. The first-order valence-corrected chi connectivity index (χ1v) is 7.08. The van der Waals surface area contributed by atoms with E-state index in [-0.39, 0.29) is 6.04 Å². The predicted octanol–water partition coefficient (Wildman–Crippen LogP) is 3.36. The molecule has 0 spiro atoms. The highest BCUT2D eigenvalue weighted by Gasteiger charge is 2.12. The molecule has 0 saturated heterocycles. The molecule has 0 aliphatic rings. The van der Waals surface area contributed by atoms with Crippen molar-refractivity contribution in [2.75, 3.05) is 18.0 Å². The lowest BCUT2D eigenvalue weighted by Crippen LogP contribution is -2.29. The van der Waals surface area contributed by atoms with E-state index in [4.69, 9.17) is 5.73 Å². The molecule has 0 aliphatic heterocycles. The molecule has 1 rings (SSSR count). The lowest BCUT2D eigenvalue weighted by atomic mass is 10.0. The Hall–Kier alpha value is -1.09. The number of hydrogen-bond donors (Lipinski definition) is 1. The van der Waals surface area contributed by atoms with E-state index in [9.17, 15) is 0 Å². The Balaban J connectivity index is 2.84. The summed E-state index contributed by atoms with van der Waals surface area (Å²) in [6, 6.07) is 4.19. The van der Waals surface area contributed by atoms with Crippen molar-refractivity contribution in [3.8, 4) is 0 Å². The number of hydrogen-bond acceptors (Lipinski definition) is 3. The van der Waals surface area contributed by atoms with Gasteiger partial charge in [-0.25, -0.2) is 4.98 Å². The van der Waals surface area contributed by atoms with E-state index >= 15 is 0 Å². The lowest BCUT2D eigenvalue weighted by molar-refractivity contribution is 0.484. The van der Waals surface area contributed by atoms with E-state index in [2.05, 4.69) is 36.7 Å². The van der Waals surface area contributed by atoms with E-state index in [0.717, 1.165) is 30.4 Å². The van der Waals surface area contributed by atoms with Gasteiger partial charge < -0.3 is 10.6 Å². The Morgan fingerprint density at radius 2 is 1.94 bits per heavy atom. The van der Waals surface area contributed by atoms with Gasteiger partial charge in [0.05, 0.1) is 0 Å². The zero-order valence-corrected chi connectivity index (χ0v) is 12.2. The minimum atomic E-state index is 0.0682. The summed E-state index contributed by atoms with van der Waals surface area (Å²) in [5.41, 5.74) is 7.09. The van der Waals surface area contributed by atoms with Crippen LogP contribution in [0.4, 0.5) is 5.82 Å². The van der Waals surface area contributed by atoms with Crippen LogP contribution >= 0.6 is 0 Å². The van der Waals surface area contributed by atoms with Crippen LogP contribution in [0.25, 0.3) is 0 Å². The average molecular weight is 249 g/mol. The highest BCUT2D eigenvalue weighted by molar-refractivity contribution is 5.41.